The van der Waals surface area contributed by atoms with E-state index in [0.717, 1.165) is 29.5 Å². The molecule has 1 amide bonds. The molecule has 0 aliphatic heterocycles. The van der Waals surface area contributed by atoms with E-state index in [2.05, 4.69) is 51.4 Å². The number of nitrogens with two attached hydrogens (primary N) is 1. The molecule has 10 nitrogen and oxygen atoms in total. The van der Waals surface area contributed by atoms with Crippen molar-refractivity contribution in [3.8, 4) is 22.6 Å². The number of aromatic nitrogens is 6. The maximum Gasteiger partial charge on any atom is 0.261 e. The van der Waals surface area contributed by atoms with Gasteiger partial charge in [-0.05, 0) is 36.8 Å². The normalized spacial score (nSPS) is 15.1. The zero-order valence-corrected chi connectivity index (χ0v) is 19.3. The minimum atomic E-state index is -0.380. The molecule has 34 heavy (non-hydrogen) atoms. The smallest absolute Gasteiger partial charge is 0.261 e. The van der Waals surface area contributed by atoms with Crippen LogP contribution in [0.2, 0.25) is 0 Å². The van der Waals surface area contributed by atoms with Crippen molar-refractivity contribution >= 4 is 11.9 Å². The highest BCUT2D eigenvalue weighted by atomic mass is 16.5. The van der Waals surface area contributed by atoms with Crippen LogP contribution in [-0.2, 0) is 16.8 Å². The third kappa shape index (κ3) is 4.02. The predicted octanol–water partition coefficient (Wildman–Crippen LogP) is 2.78. The van der Waals surface area contributed by atoms with Gasteiger partial charge in [0.05, 0.1) is 17.2 Å². The van der Waals surface area contributed by atoms with Crippen LogP contribution in [0.1, 0.15) is 31.2 Å². The first-order chi connectivity index (χ1) is 16.3. The molecule has 1 aliphatic rings. The van der Waals surface area contributed by atoms with Gasteiger partial charge in [-0.3, -0.25) is 9.48 Å². The van der Waals surface area contributed by atoms with E-state index in [0.29, 0.717) is 23.2 Å². The van der Waals surface area contributed by atoms with Crippen molar-refractivity contribution in [2.75, 3.05) is 19.8 Å². The first-order valence-corrected chi connectivity index (χ1v) is 11.1. The van der Waals surface area contributed by atoms with Gasteiger partial charge in [0.25, 0.3) is 5.89 Å². The first kappa shape index (κ1) is 21.7. The van der Waals surface area contributed by atoms with E-state index >= 15 is 0 Å². The average Bonchev–Trinajstić information content (AvgIpc) is 3.39. The summed E-state index contributed by atoms with van der Waals surface area (Å²) in [5, 5.41) is 8.62. The Kier molecular flexibility index (Phi) is 5.35. The molecule has 1 aromatic carbocycles. The summed E-state index contributed by atoms with van der Waals surface area (Å²) < 4.78 is 7.20. The van der Waals surface area contributed by atoms with Crippen molar-refractivity contribution < 1.29 is 9.32 Å². The summed E-state index contributed by atoms with van der Waals surface area (Å²) >= 11 is 0. The number of nitrogens with zero attached hydrogens (tertiary/aromatic N) is 7. The van der Waals surface area contributed by atoms with Crippen molar-refractivity contribution in [2.24, 2.45) is 5.92 Å². The summed E-state index contributed by atoms with van der Waals surface area (Å²) in [5.74, 6) is 1.68. The first-order valence-electron chi connectivity index (χ1n) is 11.1. The van der Waals surface area contributed by atoms with E-state index in [4.69, 9.17) is 15.2 Å². The van der Waals surface area contributed by atoms with Gasteiger partial charge in [0.15, 0.2) is 5.82 Å². The minimum Gasteiger partial charge on any atom is -0.368 e. The summed E-state index contributed by atoms with van der Waals surface area (Å²) in [7, 11) is 3.43. The fourth-order valence-corrected chi connectivity index (χ4v) is 4.10. The van der Waals surface area contributed by atoms with E-state index < -0.39 is 0 Å². The molecule has 5 rings (SSSR count). The van der Waals surface area contributed by atoms with Crippen LogP contribution in [0.4, 0.5) is 5.95 Å². The maximum atomic E-state index is 12.0. The molecule has 0 radical (unpaired) electrons. The highest BCUT2D eigenvalue weighted by molar-refractivity contribution is 5.75. The zero-order chi connectivity index (χ0) is 23.9. The Balaban J connectivity index is 1.41. The van der Waals surface area contributed by atoms with Gasteiger partial charge in [0, 0.05) is 38.2 Å². The highest BCUT2D eigenvalue weighted by Gasteiger charge is 2.47. The summed E-state index contributed by atoms with van der Waals surface area (Å²) in [6.45, 7) is 2.32. The number of nitrogen functional groups attached to an aromatic ring is 1. The Bertz CT molecular complexity index is 1310. The van der Waals surface area contributed by atoms with Gasteiger partial charge in [0.2, 0.25) is 11.9 Å². The molecule has 3 heterocycles. The van der Waals surface area contributed by atoms with Gasteiger partial charge in [-0.1, -0.05) is 29.4 Å². The summed E-state index contributed by atoms with van der Waals surface area (Å²) in [6, 6.07) is 8.31. The molecular weight excluding hydrogens is 432 g/mol. The molecule has 4 aromatic rings. The van der Waals surface area contributed by atoms with E-state index in [1.165, 1.54) is 4.90 Å². The summed E-state index contributed by atoms with van der Waals surface area (Å²) in [5.41, 5.74) is 8.94. The third-order valence-corrected chi connectivity index (χ3v) is 6.45. The molecule has 0 spiro atoms. The lowest BCUT2D eigenvalue weighted by molar-refractivity contribution is -0.129. The Morgan fingerprint density at radius 1 is 1.12 bits per heavy atom. The molecule has 3 aromatic heterocycles. The Morgan fingerprint density at radius 2 is 1.82 bits per heavy atom. The molecule has 1 fully saturated rings. The second-order valence-electron chi connectivity index (χ2n) is 9.02. The van der Waals surface area contributed by atoms with Crippen LogP contribution in [0.5, 0.6) is 0 Å². The van der Waals surface area contributed by atoms with Crippen molar-refractivity contribution in [1.82, 2.24) is 34.8 Å². The van der Waals surface area contributed by atoms with Crippen molar-refractivity contribution in [1.29, 1.82) is 0 Å². The zero-order valence-electron chi connectivity index (χ0n) is 19.3. The van der Waals surface area contributed by atoms with Crippen LogP contribution in [0.3, 0.4) is 0 Å². The molecule has 1 aliphatic carbocycles. The van der Waals surface area contributed by atoms with Crippen LogP contribution in [0.15, 0.2) is 53.6 Å². The highest BCUT2D eigenvalue weighted by Crippen LogP contribution is 2.50. The molecule has 0 bridgehead atoms. The van der Waals surface area contributed by atoms with Crippen LogP contribution in [-0.4, -0.2) is 54.8 Å². The number of likely N-dealkylation sites (N-methyl/N-ethyl adjacent to an activating group) is 1. The standard InChI is InChI=1S/C24H26N8O2/c1-24(19-8-9-19,18-6-4-15(5-7-18)16-10-26-23(25)27-11-16)22-29-21(34-30-22)17-12-28-32(13-17)14-20(33)31(2)3/h4-7,10-13,19H,8-9,14H2,1-3H3,(H2,25,26,27). The van der Waals surface area contributed by atoms with E-state index in [1.54, 1.807) is 43.6 Å². The fraction of sp³-hybridized carbons (Fsp3) is 0.333. The molecular formula is C24H26N8O2. The summed E-state index contributed by atoms with van der Waals surface area (Å²) in [4.78, 5) is 26.4. The second-order valence-corrected chi connectivity index (χ2v) is 9.02. The molecule has 1 saturated carbocycles. The number of carbonyl (C=O) groups is 1. The number of amides is 1. The lowest BCUT2D eigenvalue weighted by Crippen LogP contribution is -2.28. The summed E-state index contributed by atoms with van der Waals surface area (Å²) in [6.07, 6.45) is 9.04. The topological polar surface area (TPSA) is 129 Å². The molecule has 0 saturated heterocycles. The molecule has 174 valence electrons. The van der Waals surface area contributed by atoms with Crippen LogP contribution >= 0.6 is 0 Å². The number of hydrogen-bond donors (Lipinski definition) is 1. The lowest BCUT2D eigenvalue weighted by atomic mass is 9.77. The predicted molar refractivity (Wildman–Crippen MR) is 125 cm³/mol. The van der Waals surface area contributed by atoms with Crippen LogP contribution in [0, 0.1) is 5.92 Å². The Hall–Kier alpha value is -4.08. The monoisotopic (exact) mass is 458 g/mol. The largest absolute Gasteiger partial charge is 0.368 e. The van der Waals surface area contributed by atoms with Crippen molar-refractivity contribution in [2.45, 2.75) is 31.7 Å². The van der Waals surface area contributed by atoms with Crippen molar-refractivity contribution in [3.63, 3.8) is 0 Å². The van der Waals surface area contributed by atoms with Crippen LogP contribution in [0.25, 0.3) is 22.6 Å². The molecule has 10 heteroatoms. The van der Waals surface area contributed by atoms with Gasteiger partial charge in [0.1, 0.15) is 6.54 Å². The number of hydrogen-bond acceptors (Lipinski definition) is 8. The third-order valence-electron chi connectivity index (χ3n) is 6.45. The minimum absolute atomic E-state index is 0.0452. The molecule has 1 atom stereocenters. The number of anilines is 1. The maximum absolute atomic E-state index is 12.0. The van der Waals surface area contributed by atoms with E-state index in [1.807, 2.05) is 0 Å². The van der Waals surface area contributed by atoms with Gasteiger partial charge >= 0.3 is 0 Å². The second kappa shape index (κ2) is 8.36. The Labute approximate surface area is 196 Å². The van der Waals surface area contributed by atoms with E-state index in [-0.39, 0.29) is 23.8 Å². The quantitative estimate of drug-likeness (QED) is 0.448. The van der Waals surface area contributed by atoms with Gasteiger partial charge in [-0.2, -0.15) is 10.1 Å². The van der Waals surface area contributed by atoms with E-state index in [9.17, 15) is 4.79 Å². The number of benzene rings is 1. The van der Waals surface area contributed by atoms with Crippen molar-refractivity contribution in [3.05, 3.63) is 60.4 Å². The average molecular weight is 459 g/mol. The number of rotatable bonds is 7. The van der Waals surface area contributed by atoms with Gasteiger partial charge < -0.3 is 15.2 Å². The Morgan fingerprint density at radius 3 is 2.47 bits per heavy atom. The molecule has 2 N–H and O–H groups in total. The van der Waals surface area contributed by atoms with Gasteiger partial charge in [-0.25, -0.2) is 9.97 Å². The SMILES string of the molecule is CN(C)C(=O)Cn1cc(-c2nc(C(C)(c3ccc(-c4cnc(N)nc4)cc3)C3CC3)no2)cn1. The fourth-order valence-electron chi connectivity index (χ4n) is 4.10. The molecule has 1 unspecified atom stereocenters. The van der Waals surface area contributed by atoms with Gasteiger partial charge in [-0.15, -0.1) is 0 Å². The number of carbonyl (C=O) groups excluding carboxylic acids is 1. The lowest BCUT2D eigenvalue weighted by Gasteiger charge is -2.27. The van der Waals surface area contributed by atoms with Crippen LogP contribution < -0.4 is 5.73 Å².